The fourth-order valence-electron chi connectivity index (χ4n) is 0.204. The maximum atomic E-state index is 10.4. The summed E-state index contributed by atoms with van der Waals surface area (Å²) in [5.74, 6) is 0.535. The van der Waals surface area contributed by atoms with E-state index in [0.717, 1.165) is 0 Å². The van der Waals surface area contributed by atoms with E-state index in [-0.39, 0.29) is 11.5 Å². The Morgan fingerprint density at radius 1 is 1.10 bits per heavy atom. The van der Waals surface area contributed by atoms with Gasteiger partial charge in [-0.1, -0.05) is 13.8 Å². The van der Waals surface area contributed by atoms with Crippen molar-refractivity contribution in [3.05, 3.63) is 0 Å². The van der Waals surface area contributed by atoms with Crippen molar-refractivity contribution in [2.75, 3.05) is 25.7 Å². The van der Waals surface area contributed by atoms with Gasteiger partial charge in [0.05, 0.1) is 0 Å². The van der Waals surface area contributed by atoms with E-state index in [9.17, 15) is 8.42 Å². The molecule has 0 aromatic heterocycles. The third-order valence-corrected chi connectivity index (χ3v) is 2.64. The maximum Gasteiger partial charge on any atom is 0.149 e. The van der Waals surface area contributed by atoms with Crippen LogP contribution in [-0.2, 0) is 14.6 Å². The molecule has 10 heavy (non-hydrogen) atoms. The zero-order chi connectivity index (χ0) is 8.62. The highest BCUT2D eigenvalue weighted by atomic mass is 32.2. The number of rotatable bonds is 2. The van der Waals surface area contributed by atoms with Gasteiger partial charge in [-0.05, 0) is 0 Å². The number of hydrogen-bond donors (Lipinski definition) is 0. The zero-order valence-corrected chi connectivity index (χ0v) is 7.86. The first-order chi connectivity index (χ1) is 4.54. The highest BCUT2D eigenvalue weighted by molar-refractivity contribution is 7.91. The summed E-state index contributed by atoms with van der Waals surface area (Å²) in [5.41, 5.74) is 0. The average Bonchev–Trinajstić information content (AvgIpc) is 1.90. The SMILES string of the molecule is CCS(=O)(=O)CC.COC. The fourth-order valence-corrected chi connectivity index (χ4v) is 0.612. The van der Waals surface area contributed by atoms with Crippen LogP contribution in [0.1, 0.15) is 13.8 Å². The molecule has 0 rings (SSSR count). The van der Waals surface area contributed by atoms with Crippen molar-refractivity contribution in [1.82, 2.24) is 0 Å². The Labute approximate surface area is 63.3 Å². The van der Waals surface area contributed by atoms with Crippen LogP contribution in [0.4, 0.5) is 0 Å². The molecule has 0 saturated carbocycles. The molecule has 0 bridgehead atoms. The van der Waals surface area contributed by atoms with E-state index >= 15 is 0 Å². The van der Waals surface area contributed by atoms with Gasteiger partial charge in [0.1, 0.15) is 9.84 Å². The van der Waals surface area contributed by atoms with Crippen LogP contribution >= 0.6 is 0 Å². The molecule has 0 amide bonds. The van der Waals surface area contributed by atoms with Gasteiger partial charge in [0, 0.05) is 25.7 Å². The summed E-state index contributed by atoms with van der Waals surface area (Å²) in [6.07, 6.45) is 0. The third-order valence-electron chi connectivity index (χ3n) is 0.880. The van der Waals surface area contributed by atoms with E-state index in [1.807, 2.05) is 0 Å². The summed E-state index contributed by atoms with van der Waals surface area (Å²) in [6, 6.07) is 0. The Balaban J connectivity index is 0. The second kappa shape index (κ2) is 7.02. The Kier molecular flexibility index (Phi) is 8.83. The molecular weight excluding hydrogens is 152 g/mol. The van der Waals surface area contributed by atoms with Crippen molar-refractivity contribution in [1.29, 1.82) is 0 Å². The molecule has 0 fully saturated rings. The second-order valence-electron chi connectivity index (χ2n) is 1.73. The fraction of sp³-hybridized carbons (Fsp3) is 1.00. The van der Waals surface area contributed by atoms with Gasteiger partial charge in [-0.3, -0.25) is 0 Å². The van der Waals surface area contributed by atoms with Crippen LogP contribution in [0.15, 0.2) is 0 Å². The normalized spacial score (nSPS) is 10.0. The minimum atomic E-state index is -2.66. The van der Waals surface area contributed by atoms with Gasteiger partial charge >= 0.3 is 0 Å². The quantitative estimate of drug-likeness (QED) is 0.609. The molecule has 0 N–H and O–H groups in total. The van der Waals surface area contributed by atoms with Crippen LogP contribution in [0, 0.1) is 0 Å². The van der Waals surface area contributed by atoms with E-state index < -0.39 is 9.84 Å². The van der Waals surface area contributed by atoms with Crippen LogP contribution in [0.25, 0.3) is 0 Å². The predicted molar refractivity (Wildman–Crippen MR) is 42.9 cm³/mol. The first-order valence-corrected chi connectivity index (χ1v) is 4.96. The molecule has 0 aliphatic heterocycles. The Bertz CT molecular complexity index is 127. The molecule has 0 heterocycles. The molecule has 0 aliphatic rings. The van der Waals surface area contributed by atoms with E-state index in [2.05, 4.69) is 4.74 Å². The summed E-state index contributed by atoms with van der Waals surface area (Å²) >= 11 is 0. The van der Waals surface area contributed by atoms with E-state index in [0.29, 0.717) is 0 Å². The largest absolute Gasteiger partial charge is 0.388 e. The summed E-state index contributed by atoms with van der Waals surface area (Å²) in [5, 5.41) is 0. The molecule has 0 aromatic rings. The monoisotopic (exact) mass is 168 g/mol. The van der Waals surface area contributed by atoms with Crippen LogP contribution in [0.3, 0.4) is 0 Å². The zero-order valence-electron chi connectivity index (χ0n) is 7.05. The lowest BCUT2D eigenvalue weighted by molar-refractivity contribution is 0.277. The van der Waals surface area contributed by atoms with Crippen LogP contribution in [0.5, 0.6) is 0 Å². The van der Waals surface area contributed by atoms with Crippen LogP contribution in [-0.4, -0.2) is 34.1 Å². The lowest BCUT2D eigenvalue weighted by atomic mass is 11.0. The molecule has 64 valence electrons. The first-order valence-electron chi connectivity index (χ1n) is 3.14. The van der Waals surface area contributed by atoms with Gasteiger partial charge in [0.2, 0.25) is 0 Å². The number of sulfone groups is 1. The van der Waals surface area contributed by atoms with Gasteiger partial charge in [-0.2, -0.15) is 0 Å². The smallest absolute Gasteiger partial charge is 0.149 e. The minimum Gasteiger partial charge on any atom is -0.388 e. The Hall–Kier alpha value is -0.0900. The second-order valence-corrected chi connectivity index (χ2v) is 4.37. The van der Waals surface area contributed by atoms with Crippen molar-refractivity contribution in [2.24, 2.45) is 0 Å². The third kappa shape index (κ3) is 10.8. The topological polar surface area (TPSA) is 43.4 Å². The summed E-state index contributed by atoms with van der Waals surface area (Å²) < 4.78 is 25.0. The summed E-state index contributed by atoms with van der Waals surface area (Å²) in [7, 11) is 0.593. The van der Waals surface area contributed by atoms with Gasteiger partial charge < -0.3 is 4.74 Å². The number of methoxy groups -OCH3 is 1. The minimum absolute atomic E-state index is 0.267. The highest BCUT2D eigenvalue weighted by Gasteiger charge is 1.99. The van der Waals surface area contributed by atoms with E-state index in [1.165, 1.54) is 0 Å². The average molecular weight is 168 g/mol. The van der Waals surface area contributed by atoms with Gasteiger partial charge in [0.25, 0.3) is 0 Å². The van der Waals surface area contributed by atoms with E-state index in [1.54, 1.807) is 28.1 Å². The lowest BCUT2D eigenvalue weighted by Crippen LogP contribution is -2.04. The lowest BCUT2D eigenvalue weighted by Gasteiger charge is -1.89. The van der Waals surface area contributed by atoms with Gasteiger partial charge in [-0.15, -0.1) is 0 Å². The van der Waals surface area contributed by atoms with E-state index in [4.69, 9.17) is 0 Å². The van der Waals surface area contributed by atoms with Crippen LogP contribution < -0.4 is 0 Å². The molecule has 0 unspecified atom stereocenters. The number of ether oxygens (including phenoxy) is 1. The van der Waals surface area contributed by atoms with Crippen molar-refractivity contribution in [3.63, 3.8) is 0 Å². The maximum absolute atomic E-state index is 10.4. The van der Waals surface area contributed by atoms with Gasteiger partial charge in [-0.25, -0.2) is 8.42 Å². The van der Waals surface area contributed by atoms with Gasteiger partial charge in [0.15, 0.2) is 0 Å². The molecule has 0 atom stereocenters. The predicted octanol–water partition coefficient (Wildman–Crippen LogP) is 0.704. The molecule has 0 spiro atoms. The Morgan fingerprint density at radius 3 is 1.30 bits per heavy atom. The van der Waals surface area contributed by atoms with Crippen molar-refractivity contribution in [2.45, 2.75) is 13.8 Å². The molecule has 0 radical (unpaired) electrons. The summed E-state index contributed by atoms with van der Waals surface area (Å²) in [4.78, 5) is 0. The molecule has 0 aliphatic carbocycles. The summed E-state index contributed by atoms with van der Waals surface area (Å²) in [6.45, 7) is 3.30. The molecule has 0 aromatic carbocycles. The van der Waals surface area contributed by atoms with Crippen molar-refractivity contribution < 1.29 is 13.2 Å². The first kappa shape index (κ1) is 12.6. The van der Waals surface area contributed by atoms with Crippen molar-refractivity contribution >= 4 is 9.84 Å². The highest BCUT2D eigenvalue weighted by Crippen LogP contribution is 1.84. The number of hydrogen-bond acceptors (Lipinski definition) is 3. The molecule has 0 saturated heterocycles. The van der Waals surface area contributed by atoms with Crippen LogP contribution in [0.2, 0.25) is 0 Å². The standard InChI is InChI=1S/C4H10O2S.C2H6O/c1-3-7(5,6)4-2;1-3-2/h3-4H2,1-2H3;1-2H3. The molecule has 3 nitrogen and oxygen atoms in total. The molecule has 4 heteroatoms. The Morgan fingerprint density at radius 2 is 1.30 bits per heavy atom. The molecular formula is C6H16O3S. The van der Waals surface area contributed by atoms with Crippen molar-refractivity contribution in [3.8, 4) is 0 Å².